The second-order valence-corrected chi connectivity index (χ2v) is 10.2. The average Bonchev–Trinajstić information content (AvgIpc) is 2.77. The van der Waals surface area contributed by atoms with Crippen molar-refractivity contribution in [3.63, 3.8) is 0 Å². The molecule has 8 nitrogen and oxygen atoms in total. The van der Waals surface area contributed by atoms with Gasteiger partial charge in [0.25, 0.3) is 5.91 Å². The molecule has 0 spiro atoms. The Morgan fingerprint density at radius 2 is 1.55 bits per heavy atom. The number of rotatable bonds is 5. The van der Waals surface area contributed by atoms with Gasteiger partial charge in [-0.2, -0.15) is 0 Å². The van der Waals surface area contributed by atoms with Gasteiger partial charge in [0.2, 0.25) is 17.7 Å². The molecule has 2 fully saturated rings. The largest absolute Gasteiger partial charge is 0.339 e. The van der Waals surface area contributed by atoms with E-state index in [4.69, 9.17) is 0 Å². The Morgan fingerprint density at radius 3 is 2.15 bits per heavy atom. The van der Waals surface area contributed by atoms with Crippen LogP contribution in [0.1, 0.15) is 50.4 Å². The molecule has 0 unspecified atom stereocenters. The fourth-order valence-electron chi connectivity index (χ4n) is 4.66. The molecule has 0 aliphatic carbocycles. The third-order valence-corrected chi connectivity index (χ3v) is 6.78. The maximum atomic E-state index is 13.3. The third kappa shape index (κ3) is 6.79. The van der Waals surface area contributed by atoms with Gasteiger partial charge in [-0.3, -0.25) is 19.2 Å². The zero-order valence-electron chi connectivity index (χ0n) is 19.6. The van der Waals surface area contributed by atoms with Crippen LogP contribution in [-0.2, 0) is 14.4 Å². The smallest absolute Gasteiger partial charge is 0.256 e. The van der Waals surface area contributed by atoms with Gasteiger partial charge in [-0.15, -0.1) is 0 Å². The number of benzene rings is 1. The van der Waals surface area contributed by atoms with Crippen molar-refractivity contribution in [2.75, 3.05) is 44.6 Å². The molecule has 9 heteroatoms. The first kappa shape index (κ1) is 25.2. The van der Waals surface area contributed by atoms with E-state index in [-0.39, 0.29) is 36.5 Å². The molecule has 1 aromatic rings. The molecule has 2 aliphatic heterocycles. The first-order chi connectivity index (χ1) is 15.6. The standard InChI is InChI=1S/C24H33BrN4O4/c1-16-12-17(2)15-29(14-16)24(33)20-13-19(25)4-5-21(20)26-22(31)6-7-23(32)28-10-8-27(9-11-28)18(3)30/h4-5,13,16-17H,6-12,14-15H2,1-3H3,(H,26,31)/t16-,17+. The van der Waals surface area contributed by atoms with Gasteiger partial charge < -0.3 is 20.0 Å². The molecule has 2 heterocycles. The molecular formula is C24H33BrN4O4. The highest BCUT2D eigenvalue weighted by Gasteiger charge is 2.28. The van der Waals surface area contributed by atoms with E-state index in [0.717, 1.165) is 10.9 Å². The number of hydrogen-bond acceptors (Lipinski definition) is 4. The lowest BCUT2D eigenvalue weighted by Gasteiger charge is -2.35. The monoisotopic (exact) mass is 520 g/mol. The van der Waals surface area contributed by atoms with Gasteiger partial charge in [-0.1, -0.05) is 29.8 Å². The van der Waals surface area contributed by atoms with E-state index in [9.17, 15) is 19.2 Å². The molecule has 4 amide bonds. The van der Waals surface area contributed by atoms with Gasteiger partial charge in [0, 0.05) is 63.5 Å². The number of piperazine rings is 1. The van der Waals surface area contributed by atoms with Crippen LogP contribution in [0.3, 0.4) is 0 Å². The topological polar surface area (TPSA) is 90.0 Å². The van der Waals surface area contributed by atoms with E-state index in [1.165, 1.54) is 6.92 Å². The first-order valence-corrected chi connectivity index (χ1v) is 12.3. The number of carbonyl (C=O) groups excluding carboxylic acids is 4. The highest BCUT2D eigenvalue weighted by molar-refractivity contribution is 9.10. The lowest BCUT2D eigenvalue weighted by molar-refractivity contribution is -0.138. The minimum absolute atomic E-state index is 0.00907. The molecule has 180 valence electrons. The van der Waals surface area contributed by atoms with Gasteiger partial charge in [0.1, 0.15) is 0 Å². The van der Waals surface area contributed by atoms with Crippen molar-refractivity contribution in [2.45, 2.75) is 40.0 Å². The Balaban J connectivity index is 1.58. The number of nitrogens with zero attached hydrogens (tertiary/aromatic N) is 3. The number of carbonyl (C=O) groups is 4. The van der Waals surface area contributed by atoms with E-state index in [2.05, 4.69) is 35.1 Å². The Bertz CT molecular complexity index is 904. The van der Waals surface area contributed by atoms with Crippen LogP contribution in [0, 0.1) is 11.8 Å². The molecule has 0 radical (unpaired) electrons. The highest BCUT2D eigenvalue weighted by Crippen LogP contribution is 2.27. The minimum Gasteiger partial charge on any atom is -0.339 e. The Labute approximate surface area is 203 Å². The van der Waals surface area contributed by atoms with Crippen LogP contribution in [0.15, 0.2) is 22.7 Å². The van der Waals surface area contributed by atoms with Crippen molar-refractivity contribution >= 4 is 45.2 Å². The molecule has 2 aliphatic rings. The summed E-state index contributed by atoms with van der Waals surface area (Å²) < 4.78 is 0.766. The number of hydrogen-bond donors (Lipinski definition) is 1. The molecule has 0 aromatic heterocycles. The first-order valence-electron chi connectivity index (χ1n) is 11.6. The van der Waals surface area contributed by atoms with Crippen LogP contribution >= 0.6 is 15.9 Å². The van der Waals surface area contributed by atoms with Crippen molar-refractivity contribution in [1.82, 2.24) is 14.7 Å². The SMILES string of the molecule is CC(=O)N1CCN(C(=O)CCC(=O)Nc2ccc(Br)cc2C(=O)N2C[C@H](C)C[C@H](C)C2)CC1. The third-order valence-electron chi connectivity index (χ3n) is 6.29. The number of piperidine rings is 1. The summed E-state index contributed by atoms with van der Waals surface area (Å²) in [6.07, 6.45) is 1.23. The quantitative estimate of drug-likeness (QED) is 0.646. The maximum absolute atomic E-state index is 13.3. The van der Waals surface area contributed by atoms with E-state index in [1.807, 2.05) is 4.90 Å². The van der Waals surface area contributed by atoms with Crippen LogP contribution in [0.2, 0.25) is 0 Å². The summed E-state index contributed by atoms with van der Waals surface area (Å²) in [6.45, 7) is 9.23. The second-order valence-electron chi connectivity index (χ2n) is 9.28. The van der Waals surface area contributed by atoms with Gasteiger partial charge >= 0.3 is 0 Å². The van der Waals surface area contributed by atoms with Crippen molar-refractivity contribution in [3.8, 4) is 0 Å². The second kappa shape index (κ2) is 11.1. The molecule has 33 heavy (non-hydrogen) atoms. The van der Waals surface area contributed by atoms with E-state index in [1.54, 1.807) is 28.0 Å². The summed E-state index contributed by atoms with van der Waals surface area (Å²) in [4.78, 5) is 55.1. The van der Waals surface area contributed by atoms with Crippen LogP contribution in [0.5, 0.6) is 0 Å². The average molecular weight is 521 g/mol. The van der Waals surface area contributed by atoms with Crippen LogP contribution in [-0.4, -0.2) is 77.6 Å². The van der Waals surface area contributed by atoms with E-state index < -0.39 is 0 Å². The summed E-state index contributed by atoms with van der Waals surface area (Å²) in [5, 5.41) is 2.83. The molecule has 2 saturated heterocycles. The number of anilines is 1. The zero-order valence-corrected chi connectivity index (χ0v) is 21.2. The maximum Gasteiger partial charge on any atom is 0.256 e. The fourth-order valence-corrected chi connectivity index (χ4v) is 5.02. The normalized spacial score (nSPS) is 21.0. The summed E-state index contributed by atoms with van der Waals surface area (Å²) in [6, 6.07) is 5.24. The summed E-state index contributed by atoms with van der Waals surface area (Å²) in [5.41, 5.74) is 0.910. The van der Waals surface area contributed by atoms with Crippen LogP contribution in [0.4, 0.5) is 5.69 Å². The van der Waals surface area contributed by atoms with Gasteiger partial charge in [-0.05, 0) is 36.5 Å². The van der Waals surface area contributed by atoms with Gasteiger partial charge in [0.15, 0.2) is 0 Å². The Kier molecular flexibility index (Phi) is 8.51. The summed E-state index contributed by atoms with van der Waals surface area (Å²) in [7, 11) is 0. The molecule has 0 bridgehead atoms. The molecular weight excluding hydrogens is 488 g/mol. The fraction of sp³-hybridized carbons (Fsp3) is 0.583. The number of nitrogens with one attached hydrogen (secondary N) is 1. The molecule has 0 saturated carbocycles. The predicted octanol–water partition coefficient (Wildman–Crippen LogP) is 2.98. The van der Waals surface area contributed by atoms with E-state index in [0.29, 0.717) is 62.4 Å². The van der Waals surface area contributed by atoms with E-state index >= 15 is 0 Å². The molecule has 3 rings (SSSR count). The van der Waals surface area contributed by atoms with Crippen LogP contribution < -0.4 is 5.32 Å². The zero-order chi connectivity index (χ0) is 24.1. The molecule has 2 atom stereocenters. The lowest BCUT2D eigenvalue weighted by Crippen LogP contribution is -2.50. The van der Waals surface area contributed by atoms with Crippen molar-refractivity contribution in [3.05, 3.63) is 28.2 Å². The lowest BCUT2D eigenvalue weighted by atomic mass is 9.91. The van der Waals surface area contributed by atoms with Gasteiger partial charge in [-0.25, -0.2) is 0 Å². The van der Waals surface area contributed by atoms with Crippen LogP contribution in [0.25, 0.3) is 0 Å². The number of likely N-dealkylation sites (tertiary alicyclic amines) is 1. The van der Waals surface area contributed by atoms with Gasteiger partial charge in [0.05, 0.1) is 11.3 Å². The molecule has 1 N–H and O–H groups in total. The molecule has 1 aromatic carbocycles. The highest BCUT2D eigenvalue weighted by atomic mass is 79.9. The minimum atomic E-state index is -0.303. The Hall–Kier alpha value is -2.42. The Morgan fingerprint density at radius 1 is 0.939 bits per heavy atom. The van der Waals surface area contributed by atoms with Crippen molar-refractivity contribution in [1.29, 1.82) is 0 Å². The number of halogens is 1. The number of amides is 4. The van der Waals surface area contributed by atoms with Crippen molar-refractivity contribution in [2.24, 2.45) is 11.8 Å². The predicted molar refractivity (Wildman–Crippen MR) is 130 cm³/mol. The summed E-state index contributed by atoms with van der Waals surface area (Å²) >= 11 is 3.43. The van der Waals surface area contributed by atoms with Crippen molar-refractivity contribution < 1.29 is 19.2 Å². The summed E-state index contributed by atoms with van der Waals surface area (Å²) in [5.74, 6) is 0.385.